The Balaban J connectivity index is 1.87. The summed E-state index contributed by atoms with van der Waals surface area (Å²) in [5.74, 6) is -0.0114. The van der Waals surface area contributed by atoms with E-state index in [9.17, 15) is 9.59 Å². The topological polar surface area (TPSA) is 46.6 Å². The second-order valence-electron chi connectivity index (χ2n) is 5.14. The van der Waals surface area contributed by atoms with E-state index in [1.54, 1.807) is 17.0 Å². The average molecular weight is 387 g/mol. The molecule has 0 radical (unpaired) electrons. The van der Waals surface area contributed by atoms with Gasteiger partial charge in [0.1, 0.15) is 0 Å². The zero-order valence-electron chi connectivity index (χ0n) is 11.5. The normalized spacial score (nSPS) is 18.7. The summed E-state index contributed by atoms with van der Waals surface area (Å²) in [6.07, 6.45) is 2.18. The van der Waals surface area contributed by atoms with Crippen LogP contribution in [0.15, 0.2) is 24.3 Å². The van der Waals surface area contributed by atoms with Crippen LogP contribution in [0.3, 0.4) is 0 Å². The molecular formula is C15H18INO3. The van der Waals surface area contributed by atoms with Crippen molar-refractivity contribution in [2.45, 2.75) is 19.8 Å². The number of likely N-dealkylation sites (tertiary alicyclic amines) is 1. The number of hydrogen-bond donors (Lipinski definition) is 0. The van der Waals surface area contributed by atoms with Gasteiger partial charge in [0.05, 0.1) is 5.56 Å². The van der Waals surface area contributed by atoms with Gasteiger partial charge in [0, 0.05) is 16.7 Å². The first-order valence-electron chi connectivity index (χ1n) is 6.77. The van der Waals surface area contributed by atoms with Gasteiger partial charge < -0.3 is 9.64 Å². The molecule has 1 aliphatic rings. The van der Waals surface area contributed by atoms with Crippen LogP contribution in [0, 0.1) is 9.49 Å². The number of benzene rings is 1. The highest BCUT2D eigenvalue weighted by molar-refractivity contribution is 14.1. The van der Waals surface area contributed by atoms with Crippen molar-refractivity contribution < 1.29 is 14.3 Å². The summed E-state index contributed by atoms with van der Waals surface area (Å²) in [4.78, 5) is 25.7. The van der Waals surface area contributed by atoms with Gasteiger partial charge in [-0.3, -0.25) is 4.79 Å². The number of ether oxygens (including phenoxy) is 1. The Morgan fingerprint density at radius 1 is 1.40 bits per heavy atom. The Kier molecular flexibility index (Phi) is 5.39. The molecule has 1 fully saturated rings. The van der Waals surface area contributed by atoms with Crippen LogP contribution in [-0.2, 0) is 9.53 Å². The van der Waals surface area contributed by atoms with Crippen molar-refractivity contribution in [3.8, 4) is 0 Å². The molecule has 0 unspecified atom stereocenters. The zero-order valence-corrected chi connectivity index (χ0v) is 13.6. The number of rotatable bonds is 3. The molecule has 1 saturated heterocycles. The summed E-state index contributed by atoms with van der Waals surface area (Å²) < 4.78 is 5.95. The third-order valence-electron chi connectivity index (χ3n) is 3.43. The molecule has 5 heteroatoms. The Hall–Kier alpha value is -1.11. The van der Waals surface area contributed by atoms with Crippen molar-refractivity contribution in [2.75, 3.05) is 19.7 Å². The van der Waals surface area contributed by atoms with Crippen LogP contribution in [0.5, 0.6) is 0 Å². The molecule has 0 aromatic heterocycles. The van der Waals surface area contributed by atoms with Gasteiger partial charge in [0.2, 0.25) is 0 Å². The van der Waals surface area contributed by atoms with Crippen molar-refractivity contribution in [2.24, 2.45) is 5.92 Å². The summed E-state index contributed by atoms with van der Waals surface area (Å²) in [5, 5.41) is 0. The van der Waals surface area contributed by atoms with Crippen LogP contribution >= 0.6 is 22.6 Å². The van der Waals surface area contributed by atoms with Gasteiger partial charge in [-0.1, -0.05) is 19.1 Å². The number of esters is 1. The average Bonchev–Trinajstić information content (AvgIpc) is 2.45. The molecule has 0 bridgehead atoms. The lowest BCUT2D eigenvalue weighted by atomic mass is 10.0. The molecule has 1 aromatic rings. The summed E-state index contributed by atoms with van der Waals surface area (Å²) >= 11 is 2.08. The fourth-order valence-corrected chi connectivity index (χ4v) is 2.95. The van der Waals surface area contributed by atoms with Crippen molar-refractivity contribution in [1.29, 1.82) is 0 Å². The number of amides is 1. The number of halogens is 1. The number of carbonyl (C=O) groups is 2. The van der Waals surface area contributed by atoms with Gasteiger partial charge in [-0.05, 0) is 53.5 Å². The molecule has 0 aliphatic carbocycles. The third-order valence-corrected chi connectivity index (χ3v) is 4.37. The minimum absolute atomic E-state index is 0.101. The molecule has 108 valence electrons. The molecule has 1 amide bonds. The van der Waals surface area contributed by atoms with Gasteiger partial charge in [-0.25, -0.2) is 4.79 Å². The second kappa shape index (κ2) is 7.06. The van der Waals surface area contributed by atoms with Gasteiger partial charge in [-0.2, -0.15) is 0 Å². The minimum atomic E-state index is -0.437. The van der Waals surface area contributed by atoms with Crippen LogP contribution in [0.25, 0.3) is 0 Å². The van der Waals surface area contributed by atoms with E-state index in [-0.39, 0.29) is 12.5 Å². The van der Waals surface area contributed by atoms with E-state index in [0.29, 0.717) is 11.5 Å². The molecule has 0 saturated carbocycles. The van der Waals surface area contributed by atoms with Crippen molar-refractivity contribution in [3.63, 3.8) is 0 Å². The Morgan fingerprint density at radius 3 is 2.85 bits per heavy atom. The highest BCUT2D eigenvalue weighted by Crippen LogP contribution is 2.16. The molecule has 2 rings (SSSR count). The van der Waals surface area contributed by atoms with Crippen LogP contribution < -0.4 is 0 Å². The van der Waals surface area contributed by atoms with E-state index in [1.165, 1.54) is 0 Å². The molecule has 0 N–H and O–H groups in total. The summed E-state index contributed by atoms with van der Waals surface area (Å²) in [6.45, 7) is 3.50. The molecule has 1 heterocycles. The zero-order chi connectivity index (χ0) is 14.5. The van der Waals surface area contributed by atoms with E-state index in [2.05, 4.69) is 29.5 Å². The van der Waals surface area contributed by atoms with E-state index in [0.717, 1.165) is 29.5 Å². The van der Waals surface area contributed by atoms with Crippen molar-refractivity contribution >= 4 is 34.5 Å². The Labute approximate surface area is 132 Å². The summed E-state index contributed by atoms with van der Waals surface area (Å²) in [6, 6.07) is 7.19. The molecule has 0 spiro atoms. The smallest absolute Gasteiger partial charge is 0.339 e. The van der Waals surface area contributed by atoms with Gasteiger partial charge in [0.25, 0.3) is 5.91 Å². The first-order chi connectivity index (χ1) is 9.58. The fourth-order valence-electron chi connectivity index (χ4n) is 2.34. The highest BCUT2D eigenvalue weighted by Gasteiger charge is 2.22. The van der Waals surface area contributed by atoms with E-state index < -0.39 is 5.97 Å². The summed E-state index contributed by atoms with van der Waals surface area (Å²) in [5.41, 5.74) is 0.507. The lowest BCUT2D eigenvalue weighted by Gasteiger charge is -2.30. The largest absolute Gasteiger partial charge is 0.452 e. The monoisotopic (exact) mass is 387 g/mol. The first-order valence-corrected chi connectivity index (χ1v) is 7.85. The molecule has 1 aliphatic heterocycles. The predicted octanol–water partition coefficient (Wildman–Crippen LogP) is 2.71. The molecule has 4 nitrogen and oxygen atoms in total. The highest BCUT2D eigenvalue weighted by atomic mass is 127. The molecule has 20 heavy (non-hydrogen) atoms. The molecular weight excluding hydrogens is 369 g/mol. The van der Waals surface area contributed by atoms with Gasteiger partial charge >= 0.3 is 5.97 Å². The number of hydrogen-bond acceptors (Lipinski definition) is 3. The maximum absolute atomic E-state index is 12.0. The quantitative estimate of drug-likeness (QED) is 0.592. The standard InChI is InChI=1S/C15H18INO3/c1-11-5-4-8-17(9-11)14(18)10-20-15(19)12-6-2-3-7-13(12)16/h2-3,6-7,11H,4-5,8-10H2,1H3/t11-/m0/s1. The predicted molar refractivity (Wildman–Crippen MR) is 84.4 cm³/mol. The second-order valence-corrected chi connectivity index (χ2v) is 6.31. The van der Waals surface area contributed by atoms with Crippen LogP contribution in [-0.4, -0.2) is 36.5 Å². The van der Waals surface area contributed by atoms with Crippen LogP contribution in [0.4, 0.5) is 0 Å². The van der Waals surface area contributed by atoms with Crippen LogP contribution in [0.2, 0.25) is 0 Å². The summed E-state index contributed by atoms with van der Waals surface area (Å²) in [7, 11) is 0. The van der Waals surface area contributed by atoms with Gasteiger partial charge in [-0.15, -0.1) is 0 Å². The van der Waals surface area contributed by atoms with Crippen molar-refractivity contribution in [3.05, 3.63) is 33.4 Å². The van der Waals surface area contributed by atoms with E-state index >= 15 is 0 Å². The Morgan fingerprint density at radius 2 is 2.15 bits per heavy atom. The number of piperidine rings is 1. The lowest BCUT2D eigenvalue weighted by Crippen LogP contribution is -2.41. The maximum atomic E-state index is 12.0. The SMILES string of the molecule is C[C@H]1CCCN(C(=O)COC(=O)c2ccccc2I)C1. The number of carbonyl (C=O) groups excluding carboxylic acids is 2. The van der Waals surface area contributed by atoms with Crippen LogP contribution in [0.1, 0.15) is 30.1 Å². The third kappa shape index (κ3) is 3.94. The van der Waals surface area contributed by atoms with E-state index in [1.807, 2.05) is 12.1 Å². The lowest BCUT2D eigenvalue weighted by molar-refractivity contribution is -0.136. The minimum Gasteiger partial charge on any atom is -0.452 e. The Bertz CT molecular complexity index is 504. The fraction of sp³-hybridized carbons (Fsp3) is 0.467. The molecule has 1 atom stereocenters. The first kappa shape index (κ1) is 15.3. The van der Waals surface area contributed by atoms with Gasteiger partial charge in [0.15, 0.2) is 6.61 Å². The van der Waals surface area contributed by atoms with Crippen molar-refractivity contribution in [1.82, 2.24) is 4.90 Å². The maximum Gasteiger partial charge on any atom is 0.339 e. The van der Waals surface area contributed by atoms with E-state index in [4.69, 9.17) is 4.74 Å². The number of nitrogens with zero attached hydrogens (tertiary/aromatic N) is 1. The molecule has 1 aromatic carbocycles.